The van der Waals surface area contributed by atoms with Crippen LogP contribution in [-0.4, -0.2) is 24.5 Å². The summed E-state index contributed by atoms with van der Waals surface area (Å²) in [6, 6.07) is 0. The van der Waals surface area contributed by atoms with Gasteiger partial charge in [-0.25, -0.2) is 0 Å². The van der Waals surface area contributed by atoms with E-state index in [-0.39, 0.29) is 12.4 Å². The Morgan fingerprint density at radius 1 is 1.09 bits per heavy atom. The molecule has 0 spiro atoms. The van der Waals surface area contributed by atoms with Crippen molar-refractivity contribution >= 4 is 12.4 Å². The molecule has 1 aliphatic rings. The van der Waals surface area contributed by atoms with Gasteiger partial charge in [-0.3, -0.25) is 0 Å². The highest BCUT2D eigenvalue weighted by atomic mass is 35.5. The van der Waals surface area contributed by atoms with Crippen LogP contribution in [0.15, 0.2) is 0 Å². The molecule has 1 saturated heterocycles. The Kier molecular flexibility index (Phi) is 7.09. The molecule has 0 bridgehead atoms. The van der Waals surface area contributed by atoms with Gasteiger partial charge in [0.25, 0.3) is 0 Å². The van der Waals surface area contributed by atoms with E-state index in [0.717, 1.165) is 0 Å². The number of nitrogens with zero attached hydrogens (tertiary/aromatic N) is 1. The maximum Gasteiger partial charge on any atom is -0.00187 e. The van der Waals surface area contributed by atoms with Crippen molar-refractivity contribution in [1.82, 2.24) is 4.90 Å². The number of hydrogen-bond acceptors (Lipinski definition) is 1. The standard InChI is InChI=1S/C9H19N.ClH/c1-2-3-7-10-8-5-4-6-9-10;/h2-9H2,1H3;1H. The number of likely N-dealkylation sites (tertiary alicyclic amines) is 1. The number of unbranched alkanes of at least 4 members (excludes halogenated alkanes) is 1. The first kappa shape index (κ1) is 11.2. The van der Waals surface area contributed by atoms with Gasteiger partial charge in [0.2, 0.25) is 0 Å². The fourth-order valence-electron chi connectivity index (χ4n) is 1.56. The number of piperidine rings is 1. The topological polar surface area (TPSA) is 3.24 Å². The summed E-state index contributed by atoms with van der Waals surface area (Å²) < 4.78 is 0. The molecule has 1 aliphatic heterocycles. The minimum absolute atomic E-state index is 0. The molecule has 1 nitrogen and oxygen atoms in total. The summed E-state index contributed by atoms with van der Waals surface area (Å²) >= 11 is 0. The molecular formula is C9H20ClN. The summed E-state index contributed by atoms with van der Waals surface area (Å²) in [5.41, 5.74) is 0. The molecule has 0 aromatic rings. The van der Waals surface area contributed by atoms with Gasteiger partial charge in [-0.05, 0) is 38.9 Å². The monoisotopic (exact) mass is 177 g/mol. The second kappa shape index (κ2) is 6.93. The van der Waals surface area contributed by atoms with E-state index in [0.29, 0.717) is 0 Å². The van der Waals surface area contributed by atoms with Crippen molar-refractivity contribution in [1.29, 1.82) is 0 Å². The third-order valence-electron chi connectivity index (χ3n) is 2.28. The third-order valence-corrected chi connectivity index (χ3v) is 2.28. The average molecular weight is 178 g/mol. The summed E-state index contributed by atoms with van der Waals surface area (Å²) in [5.74, 6) is 0. The van der Waals surface area contributed by atoms with Crippen LogP contribution in [0.1, 0.15) is 39.0 Å². The van der Waals surface area contributed by atoms with E-state index in [2.05, 4.69) is 11.8 Å². The van der Waals surface area contributed by atoms with Crippen molar-refractivity contribution in [2.24, 2.45) is 0 Å². The maximum absolute atomic E-state index is 2.60. The van der Waals surface area contributed by atoms with Crippen molar-refractivity contribution < 1.29 is 0 Å². The Balaban J connectivity index is 0.000001000. The highest BCUT2D eigenvalue weighted by Crippen LogP contribution is 2.08. The molecular weight excluding hydrogens is 158 g/mol. The molecule has 1 rings (SSSR count). The van der Waals surface area contributed by atoms with Crippen molar-refractivity contribution in [3.8, 4) is 0 Å². The van der Waals surface area contributed by atoms with Gasteiger partial charge in [0.05, 0.1) is 0 Å². The van der Waals surface area contributed by atoms with Gasteiger partial charge in [0.15, 0.2) is 0 Å². The maximum atomic E-state index is 2.60. The molecule has 11 heavy (non-hydrogen) atoms. The van der Waals surface area contributed by atoms with Crippen LogP contribution in [-0.2, 0) is 0 Å². The average Bonchev–Trinajstić information content (AvgIpc) is 2.03. The van der Waals surface area contributed by atoms with E-state index in [1.807, 2.05) is 0 Å². The smallest absolute Gasteiger partial charge is 0.00187 e. The molecule has 1 heterocycles. The van der Waals surface area contributed by atoms with Gasteiger partial charge in [0, 0.05) is 0 Å². The van der Waals surface area contributed by atoms with Crippen LogP contribution in [0.4, 0.5) is 0 Å². The van der Waals surface area contributed by atoms with Gasteiger partial charge in [-0.1, -0.05) is 19.8 Å². The van der Waals surface area contributed by atoms with Crippen LogP contribution in [0.25, 0.3) is 0 Å². The Hall–Kier alpha value is 0.250. The second-order valence-electron chi connectivity index (χ2n) is 3.26. The molecule has 0 unspecified atom stereocenters. The molecule has 68 valence electrons. The zero-order valence-corrected chi connectivity index (χ0v) is 8.33. The van der Waals surface area contributed by atoms with Crippen LogP contribution >= 0.6 is 12.4 Å². The normalized spacial score (nSPS) is 19.4. The molecule has 0 amide bonds. The Labute approximate surface area is 76.6 Å². The van der Waals surface area contributed by atoms with Crippen molar-refractivity contribution in [3.05, 3.63) is 0 Å². The van der Waals surface area contributed by atoms with Crippen molar-refractivity contribution in [2.45, 2.75) is 39.0 Å². The second-order valence-corrected chi connectivity index (χ2v) is 3.26. The lowest BCUT2D eigenvalue weighted by Gasteiger charge is -2.25. The van der Waals surface area contributed by atoms with E-state index < -0.39 is 0 Å². The van der Waals surface area contributed by atoms with Gasteiger partial charge >= 0.3 is 0 Å². The predicted molar refractivity (Wildman–Crippen MR) is 52.4 cm³/mol. The van der Waals surface area contributed by atoms with E-state index >= 15 is 0 Å². The predicted octanol–water partition coefficient (Wildman–Crippen LogP) is 2.69. The number of hydrogen-bond donors (Lipinski definition) is 0. The summed E-state index contributed by atoms with van der Waals surface area (Å²) in [4.78, 5) is 2.60. The van der Waals surface area contributed by atoms with Crippen molar-refractivity contribution in [2.75, 3.05) is 19.6 Å². The minimum Gasteiger partial charge on any atom is -0.303 e. The van der Waals surface area contributed by atoms with Crippen LogP contribution < -0.4 is 0 Å². The molecule has 1 fully saturated rings. The molecule has 0 aromatic carbocycles. The Morgan fingerprint density at radius 3 is 2.27 bits per heavy atom. The van der Waals surface area contributed by atoms with E-state index in [1.165, 1.54) is 51.7 Å². The lowest BCUT2D eigenvalue weighted by molar-refractivity contribution is 0.226. The van der Waals surface area contributed by atoms with E-state index in [4.69, 9.17) is 0 Å². The van der Waals surface area contributed by atoms with Crippen LogP contribution in [0.5, 0.6) is 0 Å². The first-order valence-electron chi connectivity index (χ1n) is 4.66. The number of halogens is 1. The first-order valence-corrected chi connectivity index (χ1v) is 4.66. The zero-order valence-electron chi connectivity index (χ0n) is 7.51. The van der Waals surface area contributed by atoms with Crippen molar-refractivity contribution in [3.63, 3.8) is 0 Å². The molecule has 0 saturated carbocycles. The van der Waals surface area contributed by atoms with Gasteiger partial charge in [-0.2, -0.15) is 0 Å². The van der Waals surface area contributed by atoms with E-state index in [9.17, 15) is 0 Å². The summed E-state index contributed by atoms with van der Waals surface area (Å²) in [6.45, 7) is 6.33. The summed E-state index contributed by atoms with van der Waals surface area (Å²) in [6.07, 6.45) is 7.06. The molecule has 0 atom stereocenters. The highest BCUT2D eigenvalue weighted by molar-refractivity contribution is 5.85. The Bertz CT molecular complexity index is 79.6. The van der Waals surface area contributed by atoms with Crippen LogP contribution in [0.2, 0.25) is 0 Å². The molecule has 0 aliphatic carbocycles. The first-order chi connectivity index (χ1) is 4.93. The number of rotatable bonds is 3. The fraction of sp³-hybridized carbons (Fsp3) is 1.00. The largest absolute Gasteiger partial charge is 0.303 e. The van der Waals surface area contributed by atoms with E-state index in [1.54, 1.807) is 0 Å². The molecule has 0 N–H and O–H groups in total. The molecule has 2 heteroatoms. The summed E-state index contributed by atoms with van der Waals surface area (Å²) in [7, 11) is 0. The lowest BCUT2D eigenvalue weighted by atomic mass is 10.1. The third kappa shape index (κ3) is 4.65. The minimum atomic E-state index is 0. The summed E-state index contributed by atoms with van der Waals surface area (Å²) in [5, 5.41) is 0. The Morgan fingerprint density at radius 2 is 1.73 bits per heavy atom. The van der Waals surface area contributed by atoms with Crippen LogP contribution in [0, 0.1) is 0 Å². The van der Waals surface area contributed by atoms with Gasteiger partial charge in [0.1, 0.15) is 0 Å². The van der Waals surface area contributed by atoms with Gasteiger partial charge in [-0.15, -0.1) is 12.4 Å². The fourth-order valence-corrected chi connectivity index (χ4v) is 1.56. The zero-order chi connectivity index (χ0) is 7.23. The lowest BCUT2D eigenvalue weighted by Crippen LogP contribution is -2.30. The SMILES string of the molecule is CCCCN1CCCCC1.Cl. The van der Waals surface area contributed by atoms with Crippen LogP contribution in [0.3, 0.4) is 0 Å². The highest BCUT2D eigenvalue weighted by Gasteiger charge is 2.07. The molecule has 0 aromatic heterocycles. The molecule has 0 radical (unpaired) electrons. The van der Waals surface area contributed by atoms with Gasteiger partial charge < -0.3 is 4.90 Å². The quantitative estimate of drug-likeness (QED) is 0.641.